The van der Waals surface area contributed by atoms with E-state index in [0.29, 0.717) is 5.92 Å². The molecule has 1 N–H and O–H groups in total. The number of rotatable bonds is 7. The van der Waals surface area contributed by atoms with Crippen LogP contribution in [0.2, 0.25) is 0 Å². The second-order valence-electron chi connectivity index (χ2n) is 5.11. The predicted molar refractivity (Wildman–Crippen MR) is 59.8 cm³/mol. The maximum atomic E-state index is 10.00. The Hall–Kier alpha value is -0.120. The third kappa shape index (κ3) is 4.09. The van der Waals surface area contributed by atoms with Crippen LogP contribution in [0.3, 0.4) is 0 Å². The van der Waals surface area contributed by atoms with E-state index in [0.717, 1.165) is 12.8 Å². The van der Waals surface area contributed by atoms with Crippen LogP contribution >= 0.6 is 0 Å². The SMILES string of the molecule is COC(C(O)CCC(C)(C)OC)C1CC1. The standard InChI is InChI=1S/C12H24O3/c1-12(2,15-4)8-7-10(13)11(14-3)9-5-6-9/h9-11,13H,5-8H2,1-4H3. The Balaban J connectivity index is 2.30. The molecule has 0 spiro atoms. The maximum Gasteiger partial charge on any atom is 0.0858 e. The first-order valence-corrected chi connectivity index (χ1v) is 5.76. The van der Waals surface area contributed by atoms with Crippen LogP contribution in [0.4, 0.5) is 0 Å². The van der Waals surface area contributed by atoms with E-state index >= 15 is 0 Å². The summed E-state index contributed by atoms with van der Waals surface area (Å²) >= 11 is 0. The zero-order valence-corrected chi connectivity index (χ0v) is 10.3. The maximum absolute atomic E-state index is 10.00. The molecular formula is C12H24O3. The van der Waals surface area contributed by atoms with Gasteiger partial charge in [-0.1, -0.05) is 0 Å². The van der Waals surface area contributed by atoms with Crippen LogP contribution in [-0.2, 0) is 9.47 Å². The Bertz CT molecular complexity index is 187. The third-order valence-corrected chi connectivity index (χ3v) is 3.33. The summed E-state index contributed by atoms with van der Waals surface area (Å²) in [6.45, 7) is 4.08. The van der Waals surface area contributed by atoms with Crippen molar-refractivity contribution in [3.8, 4) is 0 Å². The van der Waals surface area contributed by atoms with Gasteiger partial charge in [0.1, 0.15) is 0 Å². The molecule has 1 saturated carbocycles. The summed E-state index contributed by atoms with van der Waals surface area (Å²) in [4.78, 5) is 0. The number of methoxy groups -OCH3 is 2. The van der Waals surface area contributed by atoms with Gasteiger partial charge in [0, 0.05) is 14.2 Å². The van der Waals surface area contributed by atoms with Gasteiger partial charge >= 0.3 is 0 Å². The molecule has 0 aromatic rings. The summed E-state index contributed by atoms with van der Waals surface area (Å²) in [5.41, 5.74) is -0.150. The largest absolute Gasteiger partial charge is 0.390 e. The molecule has 1 fully saturated rings. The van der Waals surface area contributed by atoms with Crippen molar-refractivity contribution in [1.82, 2.24) is 0 Å². The van der Waals surface area contributed by atoms with Crippen LogP contribution in [0.25, 0.3) is 0 Å². The summed E-state index contributed by atoms with van der Waals surface area (Å²) in [5, 5.41) is 10.00. The quantitative estimate of drug-likeness (QED) is 0.707. The first-order chi connectivity index (χ1) is 7.00. The topological polar surface area (TPSA) is 38.7 Å². The summed E-state index contributed by atoms with van der Waals surface area (Å²) in [7, 11) is 3.40. The smallest absolute Gasteiger partial charge is 0.0858 e. The molecule has 15 heavy (non-hydrogen) atoms. The summed E-state index contributed by atoms with van der Waals surface area (Å²) < 4.78 is 10.7. The van der Waals surface area contributed by atoms with E-state index < -0.39 is 0 Å². The normalized spacial score (nSPS) is 21.4. The van der Waals surface area contributed by atoms with Crippen molar-refractivity contribution >= 4 is 0 Å². The van der Waals surface area contributed by atoms with Crippen LogP contribution in [-0.4, -0.2) is 37.1 Å². The highest BCUT2D eigenvalue weighted by Crippen LogP contribution is 2.36. The lowest BCUT2D eigenvalue weighted by Crippen LogP contribution is -2.33. The van der Waals surface area contributed by atoms with Gasteiger partial charge in [-0.25, -0.2) is 0 Å². The lowest BCUT2D eigenvalue weighted by Gasteiger charge is -2.27. The van der Waals surface area contributed by atoms with Gasteiger partial charge in [0.2, 0.25) is 0 Å². The molecule has 0 bridgehead atoms. The summed E-state index contributed by atoms with van der Waals surface area (Å²) in [5.74, 6) is 0.579. The Morgan fingerprint density at radius 1 is 1.33 bits per heavy atom. The fraction of sp³-hybridized carbons (Fsp3) is 1.00. The molecule has 1 rings (SSSR count). The minimum absolute atomic E-state index is 0.0256. The van der Waals surface area contributed by atoms with Gasteiger partial charge < -0.3 is 14.6 Å². The number of aliphatic hydroxyl groups is 1. The van der Waals surface area contributed by atoms with Gasteiger partial charge in [0.15, 0.2) is 0 Å². The summed E-state index contributed by atoms with van der Waals surface area (Å²) in [6, 6.07) is 0. The van der Waals surface area contributed by atoms with Gasteiger partial charge in [-0.2, -0.15) is 0 Å². The van der Waals surface area contributed by atoms with Crippen LogP contribution in [0.5, 0.6) is 0 Å². The molecule has 0 radical (unpaired) electrons. The minimum Gasteiger partial charge on any atom is -0.390 e. The highest BCUT2D eigenvalue weighted by atomic mass is 16.5. The average Bonchev–Trinajstić information content (AvgIpc) is 3.00. The number of hydrogen-bond acceptors (Lipinski definition) is 3. The zero-order chi connectivity index (χ0) is 11.5. The first kappa shape index (κ1) is 12.9. The third-order valence-electron chi connectivity index (χ3n) is 3.33. The van der Waals surface area contributed by atoms with Crippen LogP contribution < -0.4 is 0 Å². The Labute approximate surface area is 92.8 Å². The Morgan fingerprint density at radius 2 is 1.93 bits per heavy atom. The van der Waals surface area contributed by atoms with Crippen LogP contribution in [0, 0.1) is 5.92 Å². The van der Waals surface area contributed by atoms with Gasteiger partial charge in [-0.3, -0.25) is 0 Å². The van der Waals surface area contributed by atoms with Crippen molar-refractivity contribution < 1.29 is 14.6 Å². The molecule has 0 aromatic carbocycles. The number of aliphatic hydroxyl groups excluding tert-OH is 1. The van der Waals surface area contributed by atoms with E-state index in [1.54, 1.807) is 14.2 Å². The zero-order valence-electron chi connectivity index (χ0n) is 10.3. The van der Waals surface area contributed by atoms with E-state index in [1.165, 1.54) is 12.8 Å². The summed E-state index contributed by atoms with van der Waals surface area (Å²) in [6.07, 6.45) is 3.68. The van der Waals surface area contributed by atoms with Crippen molar-refractivity contribution in [2.75, 3.05) is 14.2 Å². The van der Waals surface area contributed by atoms with Crippen molar-refractivity contribution in [3.05, 3.63) is 0 Å². The Kier molecular flexibility index (Phi) is 4.56. The lowest BCUT2D eigenvalue weighted by molar-refractivity contribution is -0.0470. The number of hydrogen-bond donors (Lipinski definition) is 1. The molecular weight excluding hydrogens is 192 g/mol. The molecule has 0 heterocycles. The van der Waals surface area contributed by atoms with Crippen molar-refractivity contribution in [2.45, 2.75) is 57.3 Å². The minimum atomic E-state index is -0.350. The second kappa shape index (κ2) is 5.28. The molecule has 2 unspecified atom stereocenters. The highest BCUT2D eigenvalue weighted by molar-refractivity contribution is 4.87. The molecule has 2 atom stereocenters. The molecule has 90 valence electrons. The van der Waals surface area contributed by atoms with E-state index in [1.807, 2.05) is 13.8 Å². The molecule has 0 aromatic heterocycles. The first-order valence-electron chi connectivity index (χ1n) is 5.76. The van der Waals surface area contributed by atoms with Gasteiger partial charge in [0.05, 0.1) is 17.8 Å². The number of ether oxygens (including phenoxy) is 2. The van der Waals surface area contributed by atoms with Gasteiger partial charge in [0.25, 0.3) is 0 Å². The van der Waals surface area contributed by atoms with Gasteiger partial charge in [-0.15, -0.1) is 0 Å². The second-order valence-corrected chi connectivity index (χ2v) is 5.11. The van der Waals surface area contributed by atoms with E-state index in [-0.39, 0.29) is 17.8 Å². The highest BCUT2D eigenvalue weighted by Gasteiger charge is 2.36. The molecule has 3 heteroatoms. The van der Waals surface area contributed by atoms with Crippen LogP contribution in [0.15, 0.2) is 0 Å². The van der Waals surface area contributed by atoms with Crippen molar-refractivity contribution in [1.29, 1.82) is 0 Å². The lowest BCUT2D eigenvalue weighted by atomic mass is 9.96. The van der Waals surface area contributed by atoms with E-state index in [2.05, 4.69) is 0 Å². The molecule has 0 amide bonds. The average molecular weight is 216 g/mol. The molecule has 1 aliphatic rings. The monoisotopic (exact) mass is 216 g/mol. The van der Waals surface area contributed by atoms with Crippen molar-refractivity contribution in [2.24, 2.45) is 5.92 Å². The molecule has 3 nitrogen and oxygen atoms in total. The van der Waals surface area contributed by atoms with E-state index in [9.17, 15) is 5.11 Å². The fourth-order valence-corrected chi connectivity index (χ4v) is 1.85. The molecule has 0 saturated heterocycles. The molecule has 1 aliphatic carbocycles. The molecule has 0 aliphatic heterocycles. The van der Waals surface area contributed by atoms with Gasteiger partial charge in [-0.05, 0) is 45.4 Å². The Morgan fingerprint density at radius 3 is 2.33 bits per heavy atom. The van der Waals surface area contributed by atoms with Crippen LogP contribution in [0.1, 0.15) is 39.5 Å². The van der Waals surface area contributed by atoms with E-state index in [4.69, 9.17) is 9.47 Å². The van der Waals surface area contributed by atoms with Crippen molar-refractivity contribution in [3.63, 3.8) is 0 Å². The predicted octanol–water partition coefficient (Wildman–Crippen LogP) is 1.98. The fourth-order valence-electron chi connectivity index (χ4n) is 1.85.